The molecule has 0 aliphatic heterocycles. The molecule has 1 unspecified atom stereocenters. The summed E-state index contributed by atoms with van der Waals surface area (Å²) in [5, 5.41) is 18.2. The van der Waals surface area contributed by atoms with Gasteiger partial charge in [0.15, 0.2) is 0 Å². The molecular formula is C9H13NO2. The zero-order valence-electron chi connectivity index (χ0n) is 6.72. The lowest BCUT2D eigenvalue weighted by Gasteiger charge is -2.16. The molecule has 3 heteroatoms. The van der Waals surface area contributed by atoms with E-state index in [9.17, 15) is 5.11 Å². The molecule has 0 fully saturated rings. The van der Waals surface area contributed by atoms with E-state index in [1.165, 1.54) is 0 Å². The average molecular weight is 167 g/mol. The van der Waals surface area contributed by atoms with Crippen molar-refractivity contribution >= 4 is 0 Å². The topological polar surface area (TPSA) is 66.5 Å². The van der Waals surface area contributed by atoms with Crippen molar-refractivity contribution in [2.45, 2.75) is 12.1 Å². The summed E-state index contributed by atoms with van der Waals surface area (Å²) in [6.07, 6.45) is -0.781. The van der Waals surface area contributed by atoms with Crippen LogP contribution in [0.4, 0.5) is 0 Å². The maximum atomic E-state index is 9.50. The Hall–Kier alpha value is -0.900. The third-order valence-electron chi connectivity index (χ3n) is 1.76. The van der Waals surface area contributed by atoms with E-state index in [1.807, 2.05) is 18.2 Å². The van der Waals surface area contributed by atoms with Crippen LogP contribution in [0.25, 0.3) is 0 Å². The molecule has 1 aromatic rings. The van der Waals surface area contributed by atoms with Crippen LogP contribution in [0.3, 0.4) is 0 Å². The smallest absolute Gasteiger partial charge is 0.0963 e. The predicted molar refractivity (Wildman–Crippen MR) is 46.5 cm³/mol. The lowest BCUT2D eigenvalue weighted by molar-refractivity contribution is 0.109. The minimum absolute atomic E-state index is 0.212. The van der Waals surface area contributed by atoms with Crippen LogP contribution in [0.2, 0.25) is 0 Å². The van der Waals surface area contributed by atoms with Gasteiger partial charge < -0.3 is 15.9 Å². The van der Waals surface area contributed by atoms with Crippen molar-refractivity contribution in [2.75, 3.05) is 6.61 Å². The van der Waals surface area contributed by atoms with Crippen molar-refractivity contribution in [3.63, 3.8) is 0 Å². The van der Waals surface area contributed by atoms with Gasteiger partial charge in [-0.25, -0.2) is 0 Å². The number of hydrogen-bond acceptors (Lipinski definition) is 3. The van der Waals surface area contributed by atoms with Gasteiger partial charge in [0.05, 0.1) is 18.8 Å². The Kier molecular flexibility index (Phi) is 3.22. The monoisotopic (exact) mass is 167 g/mol. The van der Waals surface area contributed by atoms with Crippen molar-refractivity contribution in [1.29, 1.82) is 0 Å². The first-order valence-electron chi connectivity index (χ1n) is 3.85. The first-order valence-corrected chi connectivity index (χ1v) is 3.85. The second kappa shape index (κ2) is 4.21. The number of hydrogen-bond donors (Lipinski definition) is 3. The zero-order chi connectivity index (χ0) is 8.97. The number of rotatable bonds is 3. The van der Waals surface area contributed by atoms with Crippen molar-refractivity contribution in [3.05, 3.63) is 35.9 Å². The van der Waals surface area contributed by atoms with Crippen LogP contribution in [0.5, 0.6) is 0 Å². The number of aliphatic hydroxyl groups is 2. The number of aliphatic hydroxyl groups excluding tert-OH is 2. The first kappa shape index (κ1) is 9.19. The maximum Gasteiger partial charge on any atom is 0.0963 e. The minimum Gasteiger partial charge on any atom is -0.395 e. The van der Waals surface area contributed by atoms with Crippen molar-refractivity contribution in [3.8, 4) is 0 Å². The fraction of sp³-hybridized carbons (Fsp3) is 0.333. The minimum atomic E-state index is -0.781. The van der Waals surface area contributed by atoms with Gasteiger partial charge in [-0.05, 0) is 5.56 Å². The molecule has 1 aromatic carbocycles. The summed E-state index contributed by atoms with van der Waals surface area (Å²) < 4.78 is 0. The van der Waals surface area contributed by atoms with E-state index in [4.69, 9.17) is 10.8 Å². The highest BCUT2D eigenvalue weighted by atomic mass is 16.3. The number of nitrogens with two attached hydrogens (primary N) is 1. The lowest BCUT2D eigenvalue weighted by Crippen LogP contribution is -2.31. The molecule has 0 saturated heterocycles. The lowest BCUT2D eigenvalue weighted by atomic mass is 10.0. The molecule has 0 aliphatic rings. The molecule has 0 aromatic heterocycles. The zero-order valence-corrected chi connectivity index (χ0v) is 6.72. The van der Waals surface area contributed by atoms with Gasteiger partial charge in [-0.15, -0.1) is 0 Å². The quantitative estimate of drug-likeness (QED) is 0.595. The van der Waals surface area contributed by atoms with Gasteiger partial charge in [-0.3, -0.25) is 0 Å². The van der Waals surface area contributed by atoms with Crippen molar-refractivity contribution in [2.24, 2.45) is 5.73 Å². The Morgan fingerprint density at radius 3 is 2.33 bits per heavy atom. The molecule has 0 spiro atoms. The Morgan fingerprint density at radius 1 is 1.25 bits per heavy atom. The molecule has 0 saturated carbocycles. The highest BCUT2D eigenvalue weighted by molar-refractivity contribution is 5.18. The normalized spacial score (nSPS) is 15.6. The van der Waals surface area contributed by atoms with E-state index in [0.29, 0.717) is 0 Å². The van der Waals surface area contributed by atoms with E-state index < -0.39 is 12.1 Å². The van der Waals surface area contributed by atoms with Gasteiger partial charge in [-0.1, -0.05) is 30.3 Å². The van der Waals surface area contributed by atoms with E-state index in [2.05, 4.69) is 0 Å². The first-order chi connectivity index (χ1) is 5.75. The number of benzene rings is 1. The Balaban J connectivity index is 2.71. The average Bonchev–Trinajstić information content (AvgIpc) is 2.17. The molecule has 0 heterocycles. The predicted octanol–water partition coefficient (Wildman–Crippen LogP) is 0.0396. The molecule has 4 N–H and O–H groups in total. The van der Waals surface area contributed by atoms with E-state index >= 15 is 0 Å². The second-order valence-electron chi connectivity index (χ2n) is 2.70. The SMILES string of the molecule is NC(CO)[C@@H](O)c1ccccc1. The van der Waals surface area contributed by atoms with E-state index in [0.717, 1.165) is 5.56 Å². The van der Waals surface area contributed by atoms with Crippen LogP contribution in [0.15, 0.2) is 30.3 Å². The molecule has 0 aliphatic carbocycles. The van der Waals surface area contributed by atoms with E-state index in [1.54, 1.807) is 12.1 Å². The van der Waals surface area contributed by atoms with Crippen LogP contribution in [0, 0.1) is 0 Å². The third kappa shape index (κ3) is 2.04. The van der Waals surface area contributed by atoms with Crippen LogP contribution in [-0.4, -0.2) is 22.9 Å². The molecule has 66 valence electrons. The molecule has 0 amide bonds. The largest absolute Gasteiger partial charge is 0.395 e. The molecule has 0 bridgehead atoms. The van der Waals surface area contributed by atoms with Crippen LogP contribution in [0.1, 0.15) is 11.7 Å². The molecule has 12 heavy (non-hydrogen) atoms. The van der Waals surface area contributed by atoms with Gasteiger partial charge in [0, 0.05) is 0 Å². The second-order valence-corrected chi connectivity index (χ2v) is 2.70. The highest BCUT2D eigenvalue weighted by Gasteiger charge is 2.14. The summed E-state index contributed by atoms with van der Waals surface area (Å²) in [4.78, 5) is 0. The fourth-order valence-corrected chi connectivity index (χ4v) is 0.997. The Labute approximate surface area is 71.5 Å². The Morgan fingerprint density at radius 2 is 1.83 bits per heavy atom. The van der Waals surface area contributed by atoms with Crippen LogP contribution >= 0.6 is 0 Å². The Bertz CT molecular complexity index is 225. The van der Waals surface area contributed by atoms with Crippen LogP contribution in [-0.2, 0) is 0 Å². The van der Waals surface area contributed by atoms with Crippen molar-refractivity contribution < 1.29 is 10.2 Å². The van der Waals surface area contributed by atoms with Gasteiger partial charge >= 0.3 is 0 Å². The summed E-state index contributed by atoms with van der Waals surface area (Å²) in [7, 11) is 0. The summed E-state index contributed by atoms with van der Waals surface area (Å²) in [6, 6.07) is 8.46. The maximum absolute atomic E-state index is 9.50. The molecule has 2 atom stereocenters. The van der Waals surface area contributed by atoms with Gasteiger partial charge in [0.2, 0.25) is 0 Å². The van der Waals surface area contributed by atoms with Gasteiger partial charge in [0.1, 0.15) is 0 Å². The van der Waals surface area contributed by atoms with Gasteiger partial charge in [0.25, 0.3) is 0 Å². The fourth-order valence-electron chi connectivity index (χ4n) is 0.997. The molecular weight excluding hydrogens is 154 g/mol. The molecule has 3 nitrogen and oxygen atoms in total. The summed E-state index contributed by atoms with van der Waals surface area (Å²) in [5.74, 6) is 0. The summed E-state index contributed by atoms with van der Waals surface area (Å²) in [5.41, 5.74) is 6.18. The standard InChI is InChI=1S/C9H13NO2/c10-8(6-11)9(12)7-4-2-1-3-5-7/h1-5,8-9,11-12H,6,10H2/t8?,9-/m0/s1. The third-order valence-corrected chi connectivity index (χ3v) is 1.76. The van der Waals surface area contributed by atoms with E-state index in [-0.39, 0.29) is 6.61 Å². The van der Waals surface area contributed by atoms with Crippen LogP contribution < -0.4 is 5.73 Å². The summed E-state index contributed by atoms with van der Waals surface area (Å²) >= 11 is 0. The van der Waals surface area contributed by atoms with Gasteiger partial charge in [-0.2, -0.15) is 0 Å². The molecule has 1 rings (SSSR count). The molecule has 0 radical (unpaired) electrons. The highest BCUT2D eigenvalue weighted by Crippen LogP contribution is 2.14. The van der Waals surface area contributed by atoms with Crippen molar-refractivity contribution in [1.82, 2.24) is 0 Å². The summed E-state index contributed by atoms with van der Waals surface area (Å²) in [6.45, 7) is -0.212.